The van der Waals surface area contributed by atoms with Crippen molar-refractivity contribution in [2.75, 3.05) is 6.79 Å². The summed E-state index contributed by atoms with van der Waals surface area (Å²) < 4.78 is 28.2. The molecule has 200 valence electrons. The first-order valence-electron chi connectivity index (χ1n) is 12.1. The number of fused-ring (bicyclic) bond motifs is 3. The second-order valence-corrected chi connectivity index (χ2v) is 9.48. The molecule has 5 N–H and O–H groups in total. The Morgan fingerprint density at radius 2 is 1.58 bits per heavy atom. The lowest BCUT2D eigenvalue weighted by Crippen LogP contribution is -2.58. The summed E-state index contributed by atoms with van der Waals surface area (Å²) in [4.78, 5) is 13.1. The van der Waals surface area contributed by atoms with Gasteiger partial charge in [-0.05, 0) is 53.3 Å². The molecule has 38 heavy (non-hydrogen) atoms. The van der Waals surface area contributed by atoms with Crippen molar-refractivity contribution in [3.05, 3.63) is 52.6 Å². The van der Waals surface area contributed by atoms with Crippen molar-refractivity contribution >= 4 is 16.7 Å². The number of aliphatic hydroxyl groups excluding tert-OH is 5. The van der Waals surface area contributed by atoms with Gasteiger partial charge in [0.1, 0.15) is 30.7 Å². The van der Waals surface area contributed by atoms with Gasteiger partial charge in [-0.25, -0.2) is 4.79 Å². The number of rotatable bonds is 5. The van der Waals surface area contributed by atoms with E-state index in [9.17, 15) is 30.3 Å². The number of benzene rings is 3. The minimum Gasteiger partial charge on any atom is -0.461 e. The molecule has 0 amide bonds. The van der Waals surface area contributed by atoms with Gasteiger partial charge in [-0.1, -0.05) is 6.07 Å². The average molecular weight is 526 g/mol. The number of aliphatic hydroxyl groups is 5. The quantitative estimate of drug-likeness (QED) is 0.302. The molecular weight excluding hydrogens is 500 g/mol. The number of ether oxygens (including phenoxy) is 5. The minimum absolute atomic E-state index is 0.0731. The van der Waals surface area contributed by atoms with Crippen LogP contribution in [0.5, 0.6) is 17.2 Å². The summed E-state index contributed by atoms with van der Waals surface area (Å²) in [6.07, 6.45) is -6.66. The maximum Gasteiger partial charge on any atom is 0.339 e. The molecule has 1 unspecified atom stereocenters. The Morgan fingerprint density at radius 1 is 0.868 bits per heavy atom. The van der Waals surface area contributed by atoms with Gasteiger partial charge in [0.25, 0.3) is 0 Å². The van der Waals surface area contributed by atoms with Crippen molar-refractivity contribution in [3.63, 3.8) is 0 Å². The molecule has 0 saturated carbocycles. The predicted octanol–water partition coefficient (Wildman–Crippen LogP) is 1.10. The normalized spacial score (nSPS) is 25.9. The smallest absolute Gasteiger partial charge is 0.339 e. The van der Waals surface area contributed by atoms with Crippen molar-refractivity contribution in [2.24, 2.45) is 0 Å². The summed E-state index contributed by atoms with van der Waals surface area (Å²) >= 11 is 0. The Hall–Kier alpha value is -3.45. The lowest BCUT2D eigenvalue weighted by Gasteiger charge is -2.39. The Balaban J connectivity index is 1.61. The minimum atomic E-state index is -1.59. The van der Waals surface area contributed by atoms with Crippen molar-refractivity contribution in [3.8, 4) is 28.4 Å². The third kappa shape index (κ3) is 3.78. The molecule has 3 aromatic rings. The maximum absolute atomic E-state index is 13.1. The molecular formula is C27H26O11. The monoisotopic (exact) mass is 526 g/mol. The van der Waals surface area contributed by atoms with Crippen LogP contribution in [0.3, 0.4) is 0 Å². The van der Waals surface area contributed by atoms with E-state index in [-0.39, 0.29) is 37.9 Å². The van der Waals surface area contributed by atoms with Gasteiger partial charge < -0.3 is 49.2 Å². The zero-order valence-electron chi connectivity index (χ0n) is 20.3. The molecule has 3 aromatic carbocycles. The number of cyclic esters (lactones) is 1. The SMILES string of the molecule is C[C@H]1OC(Oc2c3c(c(-c4ccc5c(c4)OCO5)c4cc(CO)c(CO)cc24)C(=O)OC3)[C@H](O)[C@@H](O)[C@@H]1O. The zero-order chi connectivity index (χ0) is 26.7. The fourth-order valence-electron chi connectivity index (χ4n) is 5.23. The van der Waals surface area contributed by atoms with Gasteiger partial charge in [0.15, 0.2) is 11.5 Å². The van der Waals surface area contributed by atoms with E-state index in [2.05, 4.69) is 0 Å². The van der Waals surface area contributed by atoms with Crippen molar-refractivity contribution < 1.29 is 54.0 Å². The van der Waals surface area contributed by atoms with Crippen LogP contribution in [-0.2, 0) is 29.3 Å². The molecule has 0 bridgehead atoms. The topological polar surface area (TPSA) is 164 Å². The number of hydrogen-bond acceptors (Lipinski definition) is 11. The second-order valence-electron chi connectivity index (χ2n) is 9.48. The first-order valence-corrected chi connectivity index (χ1v) is 12.1. The Kier molecular flexibility index (Phi) is 6.14. The third-order valence-electron chi connectivity index (χ3n) is 7.28. The molecule has 0 radical (unpaired) electrons. The fraction of sp³-hybridized carbons (Fsp3) is 0.370. The summed E-state index contributed by atoms with van der Waals surface area (Å²) in [5.41, 5.74) is 2.63. The van der Waals surface area contributed by atoms with Gasteiger partial charge in [0.2, 0.25) is 13.1 Å². The van der Waals surface area contributed by atoms with Crippen LogP contribution in [0.25, 0.3) is 21.9 Å². The van der Waals surface area contributed by atoms with Crippen molar-refractivity contribution in [1.82, 2.24) is 0 Å². The van der Waals surface area contributed by atoms with Crippen LogP contribution >= 0.6 is 0 Å². The van der Waals surface area contributed by atoms with Crippen LogP contribution in [0, 0.1) is 0 Å². The van der Waals surface area contributed by atoms with E-state index in [1.54, 1.807) is 30.3 Å². The number of carbonyl (C=O) groups excluding carboxylic acids is 1. The Morgan fingerprint density at radius 3 is 2.32 bits per heavy atom. The van der Waals surface area contributed by atoms with Gasteiger partial charge in [0, 0.05) is 16.5 Å². The average Bonchev–Trinajstić information content (AvgIpc) is 3.55. The van der Waals surface area contributed by atoms with Gasteiger partial charge in [-0.2, -0.15) is 0 Å². The highest BCUT2D eigenvalue weighted by Crippen LogP contribution is 2.48. The van der Waals surface area contributed by atoms with E-state index in [1.807, 2.05) is 0 Å². The summed E-state index contributed by atoms with van der Waals surface area (Å²) in [7, 11) is 0. The standard InChI is InChI=1S/C27H26O11/c1-11-22(30)23(31)24(32)27(37-11)38-25-16-5-14(8-29)13(7-28)4-15(16)20(21-17(25)9-34-26(21)33)12-2-3-18-19(6-12)36-10-35-18/h2-6,11,22-24,27-32H,7-10H2,1H3/t11-,22-,23+,24-,27?/m1/s1. The second kappa shape index (κ2) is 9.38. The number of esters is 1. The molecule has 3 aliphatic heterocycles. The molecule has 1 saturated heterocycles. The zero-order valence-corrected chi connectivity index (χ0v) is 20.3. The van der Waals surface area contributed by atoms with Crippen LogP contribution in [-0.4, -0.2) is 69.0 Å². The predicted molar refractivity (Wildman–Crippen MR) is 129 cm³/mol. The number of carbonyl (C=O) groups is 1. The van der Waals surface area contributed by atoms with E-state index in [0.717, 1.165) is 0 Å². The molecule has 1 fully saturated rings. The van der Waals surface area contributed by atoms with E-state index in [0.29, 0.717) is 50.1 Å². The van der Waals surface area contributed by atoms with Gasteiger partial charge >= 0.3 is 5.97 Å². The third-order valence-corrected chi connectivity index (χ3v) is 7.28. The van der Waals surface area contributed by atoms with Crippen molar-refractivity contribution in [1.29, 1.82) is 0 Å². The maximum atomic E-state index is 13.1. The lowest BCUT2D eigenvalue weighted by molar-refractivity contribution is -0.268. The highest BCUT2D eigenvalue weighted by atomic mass is 16.7. The van der Waals surface area contributed by atoms with Gasteiger partial charge in [-0.3, -0.25) is 0 Å². The molecule has 3 aliphatic rings. The van der Waals surface area contributed by atoms with Crippen LogP contribution in [0.4, 0.5) is 0 Å². The summed E-state index contributed by atoms with van der Waals surface area (Å²) in [5, 5.41) is 52.0. The van der Waals surface area contributed by atoms with E-state index in [1.165, 1.54) is 6.92 Å². The fourth-order valence-corrected chi connectivity index (χ4v) is 5.23. The van der Waals surface area contributed by atoms with E-state index < -0.39 is 36.7 Å². The molecule has 0 aliphatic carbocycles. The van der Waals surface area contributed by atoms with E-state index >= 15 is 0 Å². The molecule has 5 atom stereocenters. The summed E-state index contributed by atoms with van der Waals surface area (Å²) in [6, 6.07) is 8.56. The van der Waals surface area contributed by atoms with Crippen molar-refractivity contribution in [2.45, 2.75) is 57.5 Å². The largest absolute Gasteiger partial charge is 0.461 e. The van der Waals surface area contributed by atoms with Crippen LogP contribution in [0.2, 0.25) is 0 Å². The van der Waals surface area contributed by atoms with Gasteiger partial charge in [0.05, 0.1) is 24.9 Å². The highest BCUT2D eigenvalue weighted by molar-refractivity contribution is 6.13. The number of hydrogen-bond donors (Lipinski definition) is 5. The first-order chi connectivity index (χ1) is 18.3. The molecule has 11 nitrogen and oxygen atoms in total. The van der Waals surface area contributed by atoms with Gasteiger partial charge in [-0.15, -0.1) is 0 Å². The van der Waals surface area contributed by atoms with Crippen LogP contribution in [0.1, 0.15) is 34.0 Å². The lowest BCUT2D eigenvalue weighted by atomic mass is 9.87. The molecule has 11 heteroatoms. The van der Waals surface area contributed by atoms with Crippen LogP contribution < -0.4 is 14.2 Å². The molecule has 0 aromatic heterocycles. The molecule has 6 rings (SSSR count). The first kappa shape index (κ1) is 24.9. The Bertz CT molecular complexity index is 1430. The molecule has 0 spiro atoms. The summed E-state index contributed by atoms with van der Waals surface area (Å²) in [5.74, 6) is 0.634. The highest BCUT2D eigenvalue weighted by Gasteiger charge is 2.44. The molecule has 3 heterocycles. The Labute approximate surface area is 216 Å². The van der Waals surface area contributed by atoms with E-state index in [4.69, 9.17) is 23.7 Å². The summed E-state index contributed by atoms with van der Waals surface area (Å²) in [6.45, 7) is 0.740. The van der Waals surface area contributed by atoms with Crippen LogP contribution in [0.15, 0.2) is 30.3 Å².